The predicted molar refractivity (Wildman–Crippen MR) is 93.9 cm³/mol. The lowest BCUT2D eigenvalue weighted by Gasteiger charge is -2.08. The molecule has 0 saturated carbocycles. The summed E-state index contributed by atoms with van der Waals surface area (Å²) >= 11 is 0. The molecule has 0 radical (unpaired) electrons. The summed E-state index contributed by atoms with van der Waals surface area (Å²) < 4.78 is 6.49. The molecular weight excluding hydrogens is 334 g/mol. The van der Waals surface area contributed by atoms with Crippen molar-refractivity contribution in [3.8, 4) is 5.69 Å². The molecule has 0 aliphatic rings. The van der Waals surface area contributed by atoms with Crippen molar-refractivity contribution in [3.05, 3.63) is 66.0 Å². The molecule has 0 bridgehead atoms. The fourth-order valence-corrected chi connectivity index (χ4v) is 2.29. The van der Waals surface area contributed by atoms with E-state index in [0.717, 1.165) is 6.42 Å². The smallest absolute Gasteiger partial charge is 0.338 e. The predicted octanol–water partition coefficient (Wildman–Crippen LogP) is 2.02. The van der Waals surface area contributed by atoms with E-state index >= 15 is 0 Å². The van der Waals surface area contributed by atoms with Crippen LogP contribution in [0.1, 0.15) is 22.8 Å². The lowest BCUT2D eigenvalue weighted by atomic mass is 10.1. The molecule has 0 aliphatic carbocycles. The van der Waals surface area contributed by atoms with Gasteiger partial charge in [-0.1, -0.05) is 25.1 Å². The molecule has 2 aromatic carbocycles. The van der Waals surface area contributed by atoms with Crippen LogP contribution in [0.5, 0.6) is 0 Å². The summed E-state index contributed by atoms with van der Waals surface area (Å²) in [4.78, 5) is 24.1. The fourth-order valence-electron chi connectivity index (χ4n) is 2.29. The van der Waals surface area contributed by atoms with Crippen molar-refractivity contribution in [3.63, 3.8) is 0 Å². The van der Waals surface area contributed by atoms with E-state index in [9.17, 15) is 9.59 Å². The lowest BCUT2D eigenvalue weighted by Crippen LogP contribution is -2.21. The second-order valence-corrected chi connectivity index (χ2v) is 5.48. The molecule has 0 saturated heterocycles. The maximum absolute atomic E-state index is 12.1. The topological polar surface area (TPSA) is 99.0 Å². The Labute approximate surface area is 149 Å². The molecule has 0 atom stereocenters. The van der Waals surface area contributed by atoms with Crippen LogP contribution in [0.4, 0.5) is 5.69 Å². The van der Waals surface area contributed by atoms with Gasteiger partial charge in [-0.25, -0.2) is 9.48 Å². The van der Waals surface area contributed by atoms with E-state index in [1.54, 1.807) is 24.3 Å². The minimum atomic E-state index is -0.601. The maximum atomic E-state index is 12.1. The molecule has 8 heteroatoms. The molecule has 0 spiro atoms. The van der Waals surface area contributed by atoms with Crippen molar-refractivity contribution in [2.24, 2.45) is 0 Å². The number of amides is 1. The third-order valence-electron chi connectivity index (χ3n) is 3.68. The molecule has 1 amide bonds. The van der Waals surface area contributed by atoms with E-state index in [4.69, 9.17) is 4.74 Å². The third kappa shape index (κ3) is 4.29. The van der Waals surface area contributed by atoms with Gasteiger partial charge in [0.05, 0.1) is 11.3 Å². The van der Waals surface area contributed by atoms with Gasteiger partial charge in [-0.15, -0.1) is 5.10 Å². The van der Waals surface area contributed by atoms with Gasteiger partial charge in [-0.2, -0.15) is 0 Å². The summed E-state index contributed by atoms with van der Waals surface area (Å²) in [6, 6.07) is 14.1. The third-order valence-corrected chi connectivity index (χ3v) is 3.68. The first-order chi connectivity index (χ1) is 12.7. The lowest BCUT2D eigenvalue weighted by molar-refractivity contribution is -0.119. The molecule has 1 aromatic heterocycles. The van der Waals surface area contributed by atoms with Gasteiger partial charge in [0.2, 0.25) is 0 Å². The number of esters is 1. The molecule has 3 rings (SSSR count). The quantitative estimate of drug-likeness (QED) is 0.682. The van der Waals surface area contributed by atoms with Crippen LogP contribution in [-0.2, 0) is 16.0 Å². The second-order valence-electron chi connectivity index (χ2n) is 5.48. The van der Waals surface area contributed by atoms with E-state index < -0.39 is 11.9 Å². The zero-order valence-corrected chi connectivity index (χ0v) is 14.1. The molecule has 0 unspecified atom stereocenters. The highest BCUT2D eigenvalue weighted by Crippen LogP contribution is 2.11. The molecule has 1 N–H and O–H groups in total. The number of nitrogens with one attached hydrogen (secondary N) is 1. The van der Waals surface area contributed by atoms with Gasteiger partial charge in [0.1, 0.15) is 6.33 Å². The van der Waals surface area contributed by atoms with Gasteiger partial charge < -0.3 is 10.1 Å². The van der Waals surface area contributed by atoms with Crippen LogP contribution in [-0.4, -0.2) is 38.7 Å². The summed E-state index contributed by atoms with van der Waals surface area (Å²) in [6.45, 7) is 1.69. The Morgan fingerprint density at radius 3 is 2.65 bits per heavy atom. The summed E-state index contributed by atoms with van der Waals surface area (Å²) in [5, 5.41) is 13.5. The van der Waals surface area contributed by atoms with Crippen LogP contribution < -0.4 is 5.32 Å². The van der Waals surface area contributed by atoms with E-state index in [2.05, 4.69) is 27.8 Å². The van der Waals surface area contributed by atoms with E-state index in [0.29, 0.717) is 16.9 Å². The molecule has 132 valence electrons. The highest BCUT2D eigenvalue weighted by molar-refractivity contribution is 5.95. The van der Waals surface area contributed by atoms with Crippen molar-refractivity contribution < 1.29 is 14.3 Å². The Hall–Kier alpha value is -3.55. The monoisotopic (exact) mass is 351 g/mol. The van der Waals surface area contributed by atoms with Crippen molar-refractivity contribution in [2.45, 2.75) is 13.3 Å². The molecular formula is C18H17N5O3. The van der Waals surface area contributed by atoms with Gasteiger partial charge in [0, 0.05) is 5.69 Å². The van der Waals surface area contributed by atoms with Gasteiger partial charge in [0.25, 0.3) is 5.91 Å². The Bertz CT molecular complexity index is 891. The van der Waals surface area contributed by atoms with Gasteiger partial charge in [0.15, 0.2) is 6.61 Å². The number of carbonyl (C=O) groups is 2. The fraction of sp³-hybridized carbons (Fsp3) is 0.167. The number of carbonyl (C=O) groups excluding carboxylic acids is 2. The van der Waals surface area contributed by atoms with Crippen LogP contribution in [0.25, 0.3) is 5.69 Å². The number of rotatable bonds is 6. The molecule has 1 heterocycles. The van der Waals surface area contributed by atoms with Crippen LogP contribution in [0.15, 0.2) is 54.9 Å². The summed E-state index contributed by atoms with van der Waals surface area (Å²) in [6.07, 6.45) is 2.34. The number of hydrogen-bond acceptors (Lipinski definition) is 6. The molecule has 26 heavy (non-hydrogen) atoms. The number of benzene rings is 2. The van der Waals surface area contributed by atoms with E-state index in [1.807, 2.05) is 24.3 Å². The first kappa shape index (κ1) is 17.3. The van der Waals surface area contributed by atoms with Crippen molar-refractivity contribution in [1.82, 2.24) is 20.2 Å². The Morgan fingerprint density at radius 1 is 1.15 bits per heavy atom. The second kappa shape index (κ2) is 8.02. The van der Waals surface area contributed by atoms with Gasteiger partial charge in [-0.3, -0.25) is 4.79 Å². The highest BCUT2D eigenvalue weighted by atomic mass is 16.5. The largest absolute Gasteiger partial charge is 0.452 e. The van der Waals surface area contributed by atoms with Gasteiger partial charge in [-0.05, 0) is 52.7 Å². The number of ether oxygens (including phenoxy) is 1. The average Bonchev–Trinajstić information content (AvgIpc) is 3.22. The summed E-state index contributed by atoms with van der Waals surface area (Å²) in [5.74, 6) is -1.00. The zero-order valence-electron chi connectivity index (χ0n) is 14.1. The molecule has 8 nitrogen and oxygen atoms in total. The molecule has 0 aliphatic heterocycles. The number of aryl methyl sites for hydroxylation is 1. The van der Waals surface area contributed by atoms with Crippen molar-refractivity contribution in [1.29, 1.82) is 0 Å². The van der Waals surface area contributed by atoms with E-state index in [1.165, 1.54) is 16.6 Å². The van der Waals surface area contributed by atoms with E-state index in [-0.39, 0.29) is 6.61 Å². The molecule has 0 fully saturated rings. The first-order valence-electron chi connectivity index (χ1n) is 8.05. The summed E-state index contributed by atoms with van der Waals surface area (Å²) in [5.41, 5.74) is 2.75. The Balaban J connectivity index is 1.56. The van der Waals surface area contributed by atoms with Crippen LogP contribution in [0, 0.1) is 0 Å². The number of hydrogen-bond donors (Lipinski definition) is 1. The number of aromatic nitrogens is 4. The first-order valence-corrected chi connectivity index (χ1v) is 8.05. The number of anilines is 1. The van der Waals surface area contributed by atoms with Crippen LogP contribution in [0.3, 0.4) is 0 Å². The number of tetrazole rings is 1. The maximum Gasteiger partial charge on any atom is 0.338 e. The van der Waals surface area contributed by atoms with Gasteiger partial charge >= 0.3 is 5.97 Å². The minimum absolute atomic E-state index is 0.304. The SMILES string of the molecule is CCc1ccc(NC(=O)COC(=O)c2cccc(-n3cnnn3)c2)cc1. The van der Waals surface area contributed by atoms with Crippen molar-refractivity contribution in [2.75, 3.05) is 11.9 Å². The minimum Gasteiger partial charge on any atom is -0.452 e. The average molecular weight is 351 g/mol. The van der Waals surface area contributed by atoms with Crippen molar-refractivity contribution >= 4 is 17.6 Å². The Kier molecular flexibility index (Phi) is 5.33. The Morgan fingerprint density at radius 2 is 1.96 bits per heavy atom. The normalized spacial score (nSPS) is 10.3. The molecule has 3 aromatic rings. The zero-order chi connectivity index (χ0) is 18.4. The number of nitrogens with zero attached hydrogens (tertiary/aromatic N) is 4. The summed E-state index contributed by atoms with van der Waals surface area (Å²) in [7, 11) is 0. The van der Waals surface area contributed by atoms with Crippen LogP contribution >= 0.6 is 0 Å². The van der Waals surface area contributed by atoms with Crippen LogP contribution in [0.2, 0.25) is 0 Å². The highest BCUT2D eigenvalue weighted by Gasteiger charge is 2.12. The standard InChI is InChI=1S/C18H17N5O3/c1-2-13-6-8-15(9-7-13)20-17(24)11-26-18(25)14-4-3-5-16(10-14)23-12-19-21-22-23/h3-10,12H,2,11H2,1H3,(H,20,24).